The molecule has 1 aromatic heterocycles. The topological polar surface area (TPSA) is 42.9 Å². The summed E-state index contributed by atoms with van der Waals surface area (Å²) in [5, 5.41) is 1.64. The van der Waals surface area contributed by atoms with Gasteiger partial charge in [0, 0.05) is 10.9 Å². The lowest BCUT2D eigenvalue weighted by Crippen LogP contribution is -2.15. The third-order valence-electron chi connectivity index (χ3n) is 4.37. The Kier molecular flexibility index (Phi) is 5.15. The fraction of sp³-hybridized carbons (Fsp3) is 0.318. The number of thioether (sulfide) groups is 1. The van der Waals surface area contributed by atoms with Crippen molar-refractivity contribution >= 4 is 28.4 Å². The maximum atomic E-state index is 12.9. The summed E-state index contributed by atoms with van der Waals surface area (Å²) >= 11 is 1.50. The summed E-state index contributed by atoms with van der Waals surface area (Å²) in [6, 6.07) is 15.9. The molecule has 0 aliphatic heterocycles. The Morgan fingerprint density at radius 2 is 1.65 bits per heavy atom. The van der Waals surface area contributed by atoms with Crippen LogP contribution in [0, 0.1) is 6.92 Å². The first-order chi connectivity index (χ1) is 12.3. The molecule has 1 heterocycles. The smallest absolute Gasteiger partial charge is 0.175 e. The van der Waals surface area contributed by atoms with Gasteiger partial charge in [0.1, 0.15) is 10.9 Å². The van der Waals surface area contributed by atoms with Gasteiger partial charge in [0.25, 0.3) is 0 Å². The standard InChI is InChI=1S/C22H24N2OS/c1-14(20(25)16-10-12-17(13-11-16)22(3,4)5)26-21-18-8-6-7-9-19(18)23-15(2)24-21/h6-14H,1-5H3/t14-/m0/s1. The molecule has 0 spiro atoms. The Hall–Kier alpha value is -2.20. The lowest BCUT2D eigenvalue weighted by molar-refractivity contribution is 0.0994. The summed E-state index contributed by atoms with van der Waals surface area (Å²) in [7, 11) is 0. The van der Waals surface area contributed by atoms with Crippen LogP contribution in [0.3, 0.4) is 0 Å². The molecule has 0 unspecified atom stereocenters. The molecule has 0 bridgehead atoms. The maximum absolute atomic E-state index is 12.9. The van der Waals surface area contributed by atoms with Crippen LogP contribution in [-0.2, 0) is 5.41 Å². The fourth-order valence-electron chi connectivity index (χ4n) is 2.84. The van der Waals surface area contributed by atoms with Crippen molar-refractivity contribution in [3.05, 3.63) is 65.5 Å². The van der Waals surface area contributed by atoms with Crippen molar-refractivity contribution in [3.8, 4) is 0 Å². The molecule has 0 radical (unpaired) electrons. The third kappa shape index (κ3) is 3.96. The van der Waals surface area contributed by atoms with Crippen molar-refractivity contribution in [2.75, 3.05) is 0 Å². The van der Waals surface area contributed by atoms with Crippen LogP contribution in [0.5, 0.6) is 0 Å². The lowest BCUT2D eigenvalue weighted by Gasteiger charge is -2.19. The van der Waals surface area contributed by atoms with Crippen LogP contribution in [0.4, 0.5) is 0 Å². The molecular formula is C22H24N2OS. The predicted octanol–water partition coefficient (Wildman–Crippen LogP) is 5.60. The van der Waals surface area contributed by atoms with Gasteiger partial charge in [-0.3, -0.25) is 4.79 Å². The molecule has 134 valence electrons. The van der Waals surface area contributed by atoms with Gasteiger partial charge in [0.2, 0.25) is 0 Å². The highest BCUT2D eigenvalue weighted by atomic mass is 32.2. The highest BCUT2D eigenvalue weighted by molar-refractivity contribution is 8.00. The molecule has 3 rings (SSSR count). The molecule has 0 saturated heterocycles. The second-order valence-electron chi connectivity index (χ2n) is 7.54. The van der Waals surface area contributed by atoms with E-state index < -0.39 is 0 Å². The molecule has 4 heteroatoms. The Morgan fingerprint density at radius 1 is 1.00 bits per heavy atom. The summed E-state index contributed by atoms with van der Waals surface area (Å²) in [5.74, 6) is 0.844. The Labute approximate surface area is 159 Å². The van der Waals surface area contributed by atoms with Gasteiger partial charge in [-0.15, -0.1) is 0 Å². The Balaban J connectivity index is 1.84. The number of carbonyl (C=O) groups is 1. The summed E-state index contributed by atoms with van der Waals surface area (Å²) in [6.07, 6.45) is 0. The van der Waals surface area contributed by atoms with Crippen molar-refractivity contribution in [3.63, 3.8) is 0 Å². The van der Waals surface area contributed by atoms with Gasteiger partial charge in [0.15, 0.2) is 5.78 Å². The first-order valence-electron chi connectivity index (χ1n) is 8.80. The van der Waals surface area contributed by atoms with Crippen molar-refractivity contribution in [2.45, 2.75) is 50.3 Å². The second kappa shape index (κ2) is 7.20. The van der Waals surface area contributed by atoms with Crippen LogP contribution in [0.1, 0.15) is 49.4 Å². The number of ketones is 1. The highest BCUT2D eigenvalue weighted by Crippen LogP contribution is 2.30. The highest BCUT2D eigenvalue weighted by Gasteiger charge is 2.20. The maximum Gasteiger partial charge on any atom is 0.175 e. The van der Waals surface area contributed by atoms with Crippen LogP contribution < -0.4 is 0 Å². The van der Waals surface area contributed by atoms with E-state index in [4.69, 9.17) is 0 Å². The zero-order valence-corrected chi connectivity index (χ0v) is 16.7. The average Bonchev–Trinajstić information content (AvgIpc) is 2.60. The number of benzene rings is 2. The minimum atomic E-state index is -0.215. The van der Waals surface area contributed by atoms with Gasteiger partial charge in [-0.2, -0.15) is 0 Å². The number of fused-ring (bicyclic) bond motifs is 1. The number of nitrogens with zero attached hydrogens (tertiary/aromatic N) is 2. The van der Waals surface area contributed by atoms with Gasteiger partial charge >= 0.3 is 0 Å². The minimum absolute atomic E-state index is 0.0827. The van der Waals surface area contributed by atoms with Crippen LogP contribution in [0.15, 0.2) is 53.6 Å². The molecule has 0 fully saturated rings. The molecule has 0 aliphatic carbocycles. The zero-order chi connectivity index (χ0) is 18.9. The molecule has 0 saturated carbocycles. The summed E-state index contributed by atoms with van der Waals surface area (Å²) in [6.45, 7) is 10.3. The third-order valence-corrected chi connectivity index (χ3v) is 5.48. The number of rotatable bonds is 4. The van der Waals surface area contributed by atoms with Gasteiger partial charge < -0.3 is 0 Å². The number of hydrogen-bond acceptors (Lipinski definition) is 4. The van der Waals surface area contributed by atoms with Crippen LogP contribution in [0.25, 0.3) is 10.9 Å². The molecule has 3 aromatic rings. The van der Waals surface area contributed by atoms with Crippen LogP contribution in [0.2, 0.25) is 0 Å². The first-order valence-corrected chi connectivity index (χ1v) is 9.68. The van der Waals surface area contributed by atoms with Crippen LogP contribution in [-0.4, -0.2) is 21.0 Å². The Morgan fingerprint density at radius 3 is 2.31 bits per heavy atom. The van der Waals surface area contributed by atoms with E-state index in [1.807, 2.05) is 50.2 Å². The van der Waals surface area contributed by atoms with Gasteiger partial charge in [-0.05, 0) is 30.9 Å². The summed E-state index contributed by atoms with van der Waals surface area (Å²) in [4.78, 5) is 21.9. The van der Waals surface area contributed by atoms with E-state index in [0.717, 1.165) is 27.3 Å². The van der Waals surface area contributed by atoms with Gasteiger partial charge in [-0.1, -0.05) is 75.0 Å². The normalized spacial score (nSPS) is 13.0. The summed E-state index contributed by atoms with van der Waals surface area (Å²) < 4.78 is 0. The average molecular weight is 365 g/mol. The lowest BCUT2D eigenvalue weighted by atomic mass is 9.86. The molecular weight excluding hydrogens is 340 g/mol. The van der Waals surface area contributed by atoms with E-state index in [9.17, 15) is 4.79 Å². The van der Waals surface area contributed by atoms with Crippen LogP contribution >= 0.6 is 11.8 Å². The SMILES string of the molecule is Cc1nc(S[C@@H](C)C(=O)c2ccc(C(C)(C)C)cc2)c2ccccc2n1. The van der Waals surface area contributed by atoms with E-state index in [2.05, 4.69) is 42.9 Å². The first kappa shape index (κ1) is 18.6. The quantitative estimate of drug-likeness (QED) is 0.343. The number of aryl methyl sites for hydroxylation is 1. The van der Waals surface area contributed by atoms with Crippen molar-refractivity contribution in [1.29, 1.82) is 0 Å². The molecule has 0 aliphatic rings. The van der Waals surface area contributed by atoms with E-state index in [1.54, 1.807) is 0 Å². The van der Waals surface area contributed by atoms with E-state index in [0.29, 0.717) is 0 Å². The van der Waals surface area contributed by atoms with E-state index >= 15 is 0 Å². The number of hydrogen-bond donors (Lipinski definition) is 0. The zero-order valence-electron chi connectivity index (χ0n) is 15.9. The second-order valence-corrected chi connectivity index (χ2v) is 8.87. The minimum Gasteiger partial charge on any atom is -0.293 e. The summed E-state index contributed by atoms with van der Waals surface area (Å²) in [5.41, 5.74) is 2.97. The fourth-order valence-corrected chi connectivity index (χ4v) is 3.90. The van der Waals surface area contributed by atoms with Gasteiger partial charge in [0.05, 0.1) is 10.8 Å². The molecule has 2 aromatic carbocycles. The number of para-hydroxylation sites is 1. The van der Waals surface area contributed by atoms with E-state index in [1.165, 1.54) is 17.3 Å². The molecule has 0 N–H and O–H groups in total. The number of carbonyl (C=O) groups excluding carboxylic acids is 1. The molecule has 1 atom stereocenters. The number of aromatic nitrogens is 2. The van der Waals surface area contributed by atoms with Crippen molar-refractivity contribution in [1.82, 2.24) is 9.97 Å². The molecule has 3 nitrogen and oxygen atoms in total. The molecule has 26 heavy (non-hydrogen) atoms. The largest absolute Gasteiger partial charge is 0.293 e. The van der Waals surface area contributed by atoms with E-state index in [-0.39, 0.29) is 16.4 Å². The predicted molar refractivity (Wildman–Crippen MR) is 109 cm³/mol. The monoisotopic (exact) mass is 364 g/mol. The Bertz CT molecular complexity index is 943. The van der Waals surface area contributed by atoms with Crippen molar-refractivity contribution < 1.29 is 4.79 Å². The number of Topliss-reactive ketones (excluding diaryl/α,β-unsaturated/α-hetero) is 1. The van der Waals surface area contributed by atoms with Gasteiger partial charge in [-0.25, -0.2) is 9.97 Å². The van der Waals surface area contributed by atoms with Crippen molar-refractivity contribution in [2.24, 2.45) is 0 Å². The molecule has 0 amide bonds.